The molecular weight excluding hydrogens is 412 g/mol. The molecule has 1 N–H and O–H groups in total. The van der Waals surface area contributed by atoms with E-state index in [1.165, 1.54) is 19.3 Å². The number of carboxylic acids is 1. The number of carboxylic acid groups (broad SMARTS) is 1. The van der Waals surface area contributed by atoms with E-state index in [4.69, 9.17) is 9.84 Å². The van der Waals surface area contributed by atoms with Crippen molar-refractivity contribution in [3.8, 4) is 0 Å². The maximum atomic E-state index is 11.1. The standard InChI is InChI=1S/C12H24O2.C6H14O2Si.C6H12O2/c1-3-5-7-9-11-14-12(13)10-8-6-4-2;1-2-3-4-5-6(7)8-9;1-2-3-4-5-6(7)8/h3-11H2,1-2H3;2-5H2,1,9H3;2-5H2,1H3,(H,7,8). The van der Waals surface area contributed by atoms with Gasteiger partial charge in [0.15, 0.2) is 0 Å². The van der Waals surface area contributed by atoms with Gasteiger partial charge in [0.05, 0.1) is 6.61 Å². The predicted molar refractivity (Wildman–Crippen MR) is 131 cm³/mol. The van der Waals surface area contributed by atoms with Gasteiger partial charge in [-0.1, -0.05) is 85.5 Å². The Morgan fingerprint density at radius 3 is 1.45 bits per heavy atom. The second-order valence-electron chi connectivity index (χ2n) is 7.62. The highest BCUT2D eigenvalue weighted by Crippen LogP contribution is 2.03. The number of carbonyl (C=O) groups excluding carboxylic acids is 2. The van der Waals surface area contributed by atoms with E-state index in [1.807, 2.05) is 0 Å². The van der Waals surface area contributed by atoms with Gasteiger partial charge in [-0.25, -0.2) is 0 Å². The van der Waals surface area contributed by atoms with Crippen LogP contribution in [0.15, 0.2) is 0 Å². The van der Waals surface area contributed by atoms with E-state index >= 15 is 0 Å². The van der Waals surface area contributed by atoms with E-state index in [0.717, 1.165) is 64.2 Å². The summed E-state index contributed by atoms with van der Waals surface area (Å²) in [6.45, 7) is 9.10. The highest BCUT2D eigenvalue weighted by Gasteiger charge is 2.01. The van der Waals surface area contributed by atoms with Gasteiger partial charge in [-0.3, -0.25) is 14.4 Å². The Balaban J connectivity index is -0.000000401. The minimum Gasteiger partial charge on any atom is -0.529 e. The molecule has 7 heteroatoms. The Morgan fingerprint density at radius 1 is 0.613 bits per heavy atom. The summed E-state index contributed by atoms with van der Waals surface area (Å²) < 4.78 is 9.69. The van der Waals surface area contributed by atoms with E-state index in [-0.39, 0.29) is 11.9 Å². The highest BCUT2D eigenvalue weighted by molar-refractivity contribution is 6.05. The van der Waals surface area contributed by atoms with E-state index < -0.39 is 5.97 Å². The number of carbonyl (C=O) groups is 3. The average molecular weight is 463 g/mol. The van der Waals surface area contributed by atoms with Crippen molar-refractivity contribution < 1.29 is 28.7 Å². The summed E-state index contributed by atoms with van der Waals surface area (Å²) in [5.74, 6) is -0.733. The number of ether oxygens (including phenoxy) is 1. The highest BCUT2D eigenvalue weighted by atomic mass is 28.2. The van der Waals surface area contributed by atoms with Gasteiger partial charge >= 0.3 is 11.9 Å². The van der Waals surface area contributed by atoms with Crippen LogP contribution in [0, 0.1) is 0 Å². The van der Waals surface area contributed by atoms with Crippen LogP contribution in [-0.2, 0) is 23.5 Å². The van der Waals surface area contributed by atoms with Crippen molar-refractivity contribution in [1.82, 2.24) is 0 Å². The first kappa shape index (κ1) is 34.2. The van der Waals surface area contributed by atoms with Crippen molar-refractivity contribution in [2.75, 3.05) is 6.61 Å². The minimum absolute atomic E-state index is 0.0186. The molecule has 0 radical (unpaired) electrons. The largest absolute Gasteiger partial charge is 0.529 e. The Labute approximate surface area is 194 Å². The molecule has 186 valence electrons. The summed E-state index contributed by atoms with van der Waals surface area (Å²) in [7, 11) is 0.542. The van der Waals surface area contributed by atoms with Crippen LogP contribution < -0.4 is 0 Å². The van der Waals surface area contributed by atoms with Crippen LogP contribution in [0.1, 0.15) is 130 Å². The molecule has 0 fully saturated rings. The van der Waals surface area contributed by atoms with Gasteiger partial charge in [0, 0.05) is 19.3 Å². The van der Waals surface area contributed by atoms with E-state index in [9.17, 15) is 14.4 Å². The SMILES string of the molecule is CCCCCC(=O)O.CCCCCC(=O)O[SiH3].CCCCCCOC(=O)CCCCC. The fourth-order valence-corrected chi connectivity index (χ4v) is 2.66. The molecule has 0 aromatic carbocycles. The van der Waals surface area contributed by atoms with Crippen molar-refractivity contribution in [3.63, 3.8) is 0 Å². The summed E-state index contributed by atoms with van der Waals surface area (Å²) in [6, 6.07) is 0. The topological polar surface area (TPSA) is 89.9 Å². The number of hydrogen-bond acceptors (Lipinski definition) is 5. The third-order valence-electron chi connectivity index (χ3n) is 4.45. The molecule has 0 aliphatic rings. The molecule has 0 aliphatic carbocycles. The fourth-order valence-electron chi connectivity index (χ4n) is 2.45. The molecular formula is C24H50O6Si. The molecule has 0 aromatic heterocycles. The monoisotopic (exact) mass is 462 g/mol. The molecule has 0 bridgehead atoms. The summed E-state index contributed by atoms with van der Waals surface area (Å²) in [5, 5.41) is 8.14. The van der Waals surface area contributed by atoms with E-state index in [0.29, 0.717) is 36.4 Å². The van der Waals surface area contributed by atoms with Crippen LogP contribution in [-0.4, -0.2) is 40.1 Å². The lowest BCUT2D eigenvalue weighted by molar-refractivity contribution is -0.144. The van der Waals surface area contributed by atoms with Crippen molar-refractivity contribution in [1.29, 1.82) is 0 Å². The smallest absolute Gasteiger partial charge is 0.305 e. The van der Waals surface area contributed by atoms with Crippen molar-refractivity contribution in [2.24, 2.45) is 0 Å². The Hall–Kier alpha value is -1.37. The third-order valence-corrected chi connectivity index (χ3v) is 4.91. The number of hydrogen-bond donors (Lipinski definition) is 1. The lowest BCUT2D eigenvalue weighted by atomic mass is 10.2. The first-order valence-corrected chi connectivity index (χ1v) is 13.1. The average Bonchev–Trinajstić information content (AvgIpc) is 2.75. The minimum atomic E-state index is -0.682. The van der Waals surface area contributed by atoms with Crippen LogP contribution in [0.3, 0.4) is 0 Å². The second-order valence-corrected chi connectivity index (χ2v) is 8.03. The fraction of sp³-hybridized carbons (Fsp3) is 0.875. The van der Waals surface area contributed by atoms with Crippen LogP contribution in [0.4, 0.5) is 0 Å². The first-order chi connectivity index (χ1) is 14.9. The number of esters is 1. The van der Waals surface area contributed by atoms with Gasteiger partial charge in [-0.15, -0.1) is 0 Å². The molecule has 0 saturated heterocycles. The summed E-state index contributed by atoms with van der Waals surface area (Å²) in [5.41, 5.74) is 0. The molecule has 31 heavy (non-hydrogen) atoms. The van der Waals surface area contributed by atoms with Crippen LogP contribution >= 0.6 is 0 Å². The molecule has 0 spiro atoms. The number of rotatable bonds is 17. The molecule has 0 rings (SSSR count). The van der Waals surface area contributed by atoms with Gasteiger partial charge in [-0.2, -0.15) is 0 Å². The summed E-state index contributed by atoms with van der Waals surface area (Å²) >= 11 is 0. The normalized spacial score (nSPS) is 9.68. The second kappa shape index (κ2) is 30.8. The summed E-state index contributed by atoms with van der Waals surface area (Å²) in [6.07, 6.45) is 15.7. The lowest BCUT2D eigenvalue weighted by Gasteiger charge is -2.03. The van der Waals surface area contributed by atoms with Crippen molar-refractivity contribution in [3.05, 3.63) is 0 Å². The molecule has 6 nitrogen and oxygen atoms in total. The van der Waals surface area contributed by atoms with Crippen molar-refractivity contribution >= 4 is 28.4 Å². The number of aliphatic carboxylic acids is 1. The van der Waals surface area contributed by atoms with E-state index in [1.54, 1.807) is 0 Å². The van der Waals surface area contributed by atoms with Gasteiger partial charge in [-0.05, 0) is 25.7 Å². The van der Waals surface area contributed by atoms with Crippen LogP contribution in [0.2, 0.25) is 0 Å². The first-order valence-electron chi connectivity index (χ1n) is 12.3. The van der Waals surface area contributed by atoms with Crippen LogP contribution in [0.25, 0.3) is 0 Å². The Kier molecular flexibility index (Phi) is 34.0. The molecule has 0 atom stereocenters. The van der Waals surface area contributed by atoms with E-state index in [2.05, 4.69) is 32.1 Å². The predicted octanol–water partition coefficient (Wildman–Crippen LogP) is 5.73. The zero-order valence-electron chi connectivity index (χ0n) is 21.0. The zero-order chi connectivity index (χ0) is 24.2. The maximum absolute atomic E-state index is 11.1. The molecule has 0 aromatic rings. The van der Waals surface area contributed by atoms with Gasteiger partial charge < -0.3 is 14.3 Å². The summed E-state index contributed by atoms with van der Waals surface area (Å²) in [4.78, 5) is 31.5. The molecule has 0 aliphatic heterocycles. The molecule has 0 saturated carbocycles. The zero-order valence-corrected chi connectivity index (χ0v) is 23.0. The van der Waals surface area contributed by atoms with Crippen molar-refractivity contribution in [2.45, 2.75) is 130 Å². The lowest BCUT2D eigenvalue weighted by Crippen LogP contribution is -2.05. The quantitative estimate of drug-likeness (QED) is 0.169. The Morgan fingerprint density at radius 2 is 1.03 bits per heavy atom. The molecule has 0 heterocycles. The van der Waals surface area contributed by atoms with Gasteiger partial charge in [0.2, 0.25) is 10.5 Å². The Bertz CT molecular complexity index is 402. The molecule has 0 amide bonds. The molecule has 0 unspecified atom stereocenters. The van der Waals surface area contributed by atoms with Gasteiger partial charge in [0.1, 0.15) is 0 Å². The van der Waals surface area contributed by atoms with Gasteiger partial charge in [0.25, 0.3) is 5.97 Å². The third kappa shape index (κ3) is 39.6. The number of unbranched alkanes of at least 4 members (excludes halogenated alkanes) is 9. The maximum Gasteiger partial charge on any atom is 0.305 e. The van der Waals surface area contributed by atoms with Crippen LogP contribution in [0.5, 0.6) is 0 Å².